The topological polar surface area (TPSA) is 85.8 Å². The fraction of sp³-hybridized carbons (Fsp3) is 0. The smallest absolute Gasteiger partial charge is 0.263 e. The first kappa shape index (κ1) is 13.4. The van der Waals surface area contributed by atoms with Gasteiger partial charge in [-0.3, -0.25) is 4.72 Å². The molecule has 0 atom stereocenters. The Morgan fingerprint density at radius 2 is 2.16 bits per heavy atom. The van der Waals surface area contributed by atoms with Crippen LogP contribution in [0.2, 0.25) is 5.02 Å². The van der Waals surface area contributed by atoms with Crippen LogP contribution in [-0.2, 0) is 10.0 Å². The van der Waals surface area contributed by atoms with Crippen LogP contribution in [-0.4, -0.2) is 13.4 Å². The number of nitrogens with one attached hydrogen (secondary N) is 2. The number of rotatable bonds is 3. The van der Waals surface area contributed by atoms with Gasteiger partial charge in [-0.05, 0) is 18.2 Å². The lowest BCUT2D eigenvalue weighted by Gasteiger charge is -2.08. The van der Waals surface area contributed by atoms with Gasteiger partial charge >= 0.3 is 0 Å². The number of hydrogen-bond acceptors (Lipinski definition) is 3. The Labute approximate surface area is 113 Å². The summed E-state index contributed by atoms with van der Waals surface area (Å²) in [6.45, 7) is 0. The molecule has 0 aliphatic carbocycles. The van der Waals surface area contributed by atoms with Crippen molar-refractivity contribution in [1.82, 2.24) is 4.98 Å². The van der Waals surface area contributed by atoms with Crippen LogP contribution in [0.1, 0.15) is 5.56 Å². The van der Waals surface area contributed by atoms with Gasteiger partial charge in [0, 0.05) is 12.4 Å². The van der Waals surface area contributed by atoms with Crippen molar-refractivity contribution in [2.24, 2.45) is 0 Å². The van der Waals surface area contributed by atoms with Crippen LogP contribution in [0.25, 0.3) is 0 Å². The van der Waals surface area contributed by atoms with Crippen molar-refractivity contribution in [3.8, 4) is 6.07 Å². The van der Waals surface area contributed by atoms with Crippen molar-refractivity contribution in [1.29, 1.82) is 5.26 Å². The minimum atomic E-state index is -3.89. The van der Waals surface area contributed by atoms with Crippen molar-refractivity contribution >= 4 is 27.3 Å². The molecule has 0 saturated heterocycles. The van der Waals surface area contributed by atoms with Crippen molar-refractivity contribution in [2.75, 3.05) is 4.72 Å². The molecular formula is C11H7ClFN3O2S. The lowest BCUT2D eigenvalue weighted by atomic mass is 10.2. The number of aromatic amines is 1. The van der Waals surface area contributed by atoms with Crippen LogP contribution in [0.3, 0.4) is 0 Å². The van der Waals surface area contributed by atoms with E-state index in [1.165, 1.54) is 18.5 Å². The predicted octanol–water partition coefficient (Wildman–Crippen LogP) is 2.48. The number of anilines is 1. The van der Waals surface area contributed by atoms with Crippen LogP contribution in [0.4, 0.5) is 10.1 Å². The molecule has 0 amide bonds. The summed E-state index contributed by atoms with van der Waals surface area (Å²) < 4.78 is 39.5. The summed E-state index contributed by atoms with van der Waals surface area (Å²) >= 11 is 5.73. The molecule has 2 rings (SSSR count). The molecule has 2 N–H and O–H groups in total. The van der Waals surface area contributed by atoms with E-state index in [1.807, 2.05) is 0 Å². The van der Waals surface area contributed by atoms with Gasteiger partial charge < -0.3 is 4.98 Å². The fourth-order valence-corrected chi connectivity index (χ4v) is 2.63. The van der Waals surface area contributed by atoms with Gasteiger partial charge in [-0.15, -0.1) is 0 Å². The van der Waals surface area contributed by atoms with Crippen molar-refractivity contribution < 1.29 is 12.8 Å². The highest BCUT2D eigenvalue weighted by Crippen LogP contribution is 2.25. The molecule has 0 fully saturated rings. The highest BCUT2D eigenvalue weighted by atomic mass is 35.5. The SMILES string of the molecule is N#Cc1cc(F)c(NS(=O)(=O)c2cc[nH]c2)cc1Cl. The maximum Gasteiger partial charge on any atom is 0.263 e. The number of hydrogen-bond donors (Lipinski definition) is 2. The number of sulfonamides is 1. The summed E-state index contributed by atoms with van der Waals surface area (Å²) in [5, 5.41) is 8.64. The van der Waals surface area contributed by atoms with E-state index in [2.05, 4.69) is 9.71 Å². The van der Waals surface area contributed by atoms with Gasteiger partial charge in [-0.2, -0.15) is 5.26 Å². The summed E-state index contributed by atoms with van der Waals surface area (Å²) in [7, 11) is -3.89. The molecule has 0 radical (unpaired) electrons. The average molecular weight is 300 g/mol. The summed E-state index contributed by atoms with van der Waals surface area (Å²) in [5.41, 5.74) is -0.381. The molecule has 19 heavy (non-hydrogen) atoms. The van der Waals surface area contributed by atoms with Crippen LogP contribution in [0, 0.1) is 17.1 Å². The number of halogens is 2. The van der Waals surface area contributed by atoms with E-state index < -0.39 is 15.8 Å². The molecule has 8 heteroatoms. The Balaban J connectivity index is 2.41. The summed E-state index contributed by atoms with van der Waals surface area (Å²) in [6, 6.07) is 4.95. The third kappa shape index (κ3) is 2.70. The second-order valence-corrected chi connectivity index (χ2v) is 5.67. The zero-order chi connectivity index (χ0) is 14.0. The van der Waals surface area contributed by atoms with Crippen molar-refractivity contribution in [3.05, 3.63) is 47.0 Å². The Bertz CT molecular complexity index is 751. The summed E-state index contributed by atoms with van der Waals surface area (Å²) in [4.78, 5) is 2.55. The Kier molecular flexibility index (Phi) is 3.46. The Hall–Kier alpha value is -2.04. The highest BCUT2D eigenvalue weighted by molar-refractivity contribution is 7.92. The van der Waals surface area contributed by atoms with Crippen molar-refractivity contribution in [2.45, 2.75) is 4.90 Å². The van der Waals surface area contributed by atoms with Gasteiger partial charge in [0.1, 0.15) is 16.8 Å². The molecule has 5 nitrogen and oxygen atoms in total. The molecule has 0 aliphatic rings. The van der Waals surface area contributed by atoms with E-state index in [0.29, 0.717) is 0 Å². The molecule has 0 aliphatic heterocycles. The first-order chi connectivity index (χ1) is 8.94. The van der Waals surface area contributed by atoms with E-state index in [9.17, 15) is 12.8 Å². The monoisotopic (exact) mass is 299 g/mol. The molecule has 98 valence electrons. The molecular weight excluding hydrogens is 293 g/mol. The van der Waals surface area contributed by atoms with E-state index in [1.54, 1.807) is 6.07 Å². The lowest BCUT2D eigenvalue weighted by molar-refractivity contribution is 0.598. The zero-order valence-corrected chi connectivity index (χ0v) is 10.9. The van der Waals surface area contributed by atoms with E-state index >= 15 is 0 Å². The molecule has 0 saturated carbocycles. The average Bonchev–Trinajstić information content (AvgIpc) is 2.87. The quantitative estimate of drug-likeness (QED) is 0.913. The minimum Gasteiger partial charge on any atom is -0.366 e. The lowest BCUT2D eigenvalue weighted by Crippen LogP contribution is -2.13. The van der Waals surface area contributed by atoms with Gasteiger partial charge in [-0.25, -0.2) is 12.8 Å². The highest BCUT2D eigenvalue weighted by Gasteiger charge is 2.18. The van der Waals surface area contributed by atoms with Crippen molar-refractivity contribution in [3.63, 3.8) is 0 Å². The fourth-order valence-electron chi connectivity index (χ4n) is 1.39. The van der Waals surface area contributed by atoms with Crippen LogP contribution in [0.15, 0.2) is 35.5 Å². The number of H-pyrrole nitrogens is 1. The van der Waals surface area contributed by atoms with Crippen LogP contribution < -0.4 is 4.72 Å². The largest absolute Gasteiger partial charge is 0.366 e. The first-order valence-corrected chi connectivity index (χ1v) is 6.85. The molecule has 1 aromatic carbocycles. The minimum absolute atomic E-state index is 0.0318. The molecule has 0 bridgehead atoms. The Morgan fingerprint density at radius 3 is 2.74 bits per heavy atom. The van der Waals surface area contributed by atoms with Gasteiger partial charge in [0.25, 0.3) is 10.0 Å². The summed E-state index contributed by atoms with van der Waals surface area (Å²) in [5.74, 6) is -0.875. The number of benzene rings is 1. The number of nitriles is 1. The van der Waals surface area contributed by atoms with Crippen LogP contribution in [0.5, 0.6) is 0 Å². The molecule has 2 aromatic rings. The normalized spacial score (nSPS) is 11.0. The second-order valence-electron chi connectivity index (χ2n) is 3.58. The predicted molar refractivity (Wildman–Crippen MR) is 67.7 cm³/mol. The summed E-state index contributed by atoms with van der Waals surface area (Å²) in [6.07, 6.45) is 2.68. The number of nitrogens with zero attached hydrogens (tertiary/aromatic N) is 1. The van der Waals surface area contributed by atoms with E-state index in [4.69, 9.17) is 16.9 Å². The third-order valence-corrected chi connectivity index (χ3v) is 3.98. The number of aromatic nitrogens is 1. The molecule has 0 spiro atoms. The maximum atomic E-state index is 13.6. The standard InChI is InChI=1S/C11H7ClFN3O2S/c12-9-4-11(10(13)3-7(9)5-14)16-19(17,18)8-1-2-15-6-8/h1-4,6,15-16H. The molecule has 1 aromatic heterocycles. The van der Waals surface area contributed by atoms with Gasteiger partial charge in [0.2, 0.25) is 0 Å². The van der Waals surface area contributed by atoms with Gasteiger partial charge in [0.15, 0.2) is 0 Å². The first-order valence-electron chi connectivity index (χ1n) is 4.99. The van der Waals surface area contributed by atoms with Crippen LogP contribution >= 0.6 is 11.6 Å². The zero-order valence-electron chi connectivity index (χ0n) is 9.31. The molecule has 1 heterocycles. The van der Waals surface area contributed by atoms with E-state index in [-0.39, 0.29) is 21.2 Å². The third-order valence-electron chi connectivity index (χ3n) is 2.30. The maximum absolute atomic E-state index is 13.6. The van der Waals surface area contributed by atoms with Gasteiger partial charge in [0.05, 0.1) is 16.3 Å². The Morgan fingerprint density at radius 1 is 1.42 bits per heavy atom. The molecule has 0 unspecified atom stereocenters. The van der Waals surface area contributed by atoms with E-state index in [0.717, 1.165) is 12.1 Å². The van der Waals surface area contributed by atoms with Gasteiger partial charge in [-0.1, -0.05) is 11.6 Å². The second kappa shape index (κ2) is 4.91.